The number of hydrogen-bond donors (Lipinski definition) is 2. The maximum Gasteiger partial charge on any atom is 0.228 e. The summed E-state index contributed by atoms with van der Waals surface area (Å²) in [5.41, 5.74) is 1.08. The first kappa shape index (κ1) is 17.8. The summed E-state index contributed by atoms with van der Waals surface area (Å²) < 4.78 is 31.1. The van der Waals surface area contributed by atoms with Gasteiger partial charge in [-0.25, -0.2) is 8.78 Å². The monoisotopic (exact) mass is 360 g/mol. The molecule has 1 fully saturated rings. The summed E-state index contributed by atoms with van der Waals surface area (Å²) in [5, 5.41) is 5.30. The second-order valence-corrected chi connectivity index (χ2v) is 6.13. The first-order valence-electron chi connectivity index (χ1n) is 8.14. The van der Waals surface area contributed by atoms with Gasteiger partial charge < -0.3 is 15.4 Å². The van der Waals surface area contributed by atoms with E-state index >= 15 is 0 Å². The molecule has 2 aromatic rings. The molecule has 0 aliphatic heterocycles. The minimum absolute atomic E-state index is 0.165. The Labute approximate surface area is 149 Å². The summed E-state index contributed by atoms with van der Waals surface area (Å²) in [6.45, 7) is 0.358. The molecule has 1 aliphatic rings. The Bertz CT molecular complexity index is 824. The van der Waals surface area contributed by atoms with Crippen molar-refractivity contribution in [3.8, 4) is 5.75 Å². The number of amides is 2. The summed E-state index contributed by atoms with van der Waals surface area (Å²) in [4.78, 5) is 24.3. The van der Waals surface area contributed by atoms with Crippen molar-refractivity contribution < 1.29 is 23.1 Å². The quantitative estimate of drug-likeness (QED) is 0.832. The highest BCUT2D eigenvalue weighted by molar-refractivity contribution is 5.99. The number of methoxy groups -OCH3 is 1. The number of hydrogen-bond acceptors (Lipinski definition) is 3. The van der Waals surface area contributed by atoms with Gasteiger partial charge in [-0.1, -0.05) is 12.1 Å². The molecule has 0 saturated heterocycles. The number of carbonyl (C=O) groups excluding carboxylic acids is 2. The minimum atomic E-state index is -1.03. The Morgan fingerprint density at radius 1 is 1.04 bits per heavy atom. The molecule has 5 nitrogen and oxygen atoms in total. The van der Waals surface area contributed by atoms with Crippen molar-refractivity contribution in [3.05, 3.63) is 59.7 Å². The van der Waals surface area contributed by atoms with E-state index in [0.717, 1.165) is 23.4 Å². The van der Waals surface area contributed by atoms with Crippen molar-refractivity contribution >= 4 is 17.5 Å². The highest BCUT2D eigenvalue weighted by Crippen LogP contribution is 2.39. The molecule has 2 unspecified atom stereocenters. The zero-order valence-corrected chi connectivity index (χ0v) is 14.1. The smallest absolute Gasteiger partial charge is 0.228 e. The Balaban J connectivity index is 1.48. The molecule has 7 heteroatoms. The molecule has 3 rings (SSSR count). The van der Waals surface area contributed by atoms with Gasteiger partial charge in [0.2, 0.25) is 11.8 Å². The molecule has 2 N–H and O–H groups in total. The van der Waals surface area contributed by atoms with Crippen LogP contribution in [0.3, 0.4) is 0 Å². The van der Waals surface area contributed by atoms with Crippen LogP contribution in [0.25, 0.3) is 0 Å². The lowest BCUT2D eigenvalue weighted by Gasteiger charge is -2.07. The molecule has 0 spiro atoms. The largest absolute Gasteiger partial charge is 0.497 e. The maximum absolute atomic E-state index is 13.2. The molecular formula is C19H18F2N2O3. The molecule has 26 heavy (non-hydrogen) atoms. The molecule has 0 heterocycles. The van der Waals surface area contributed by atoms with Crippen LogP contribution < -0.4 is 15.4 Å². The Morgan fingerprint density at radius 3 is 2.38 bits per heavy atom. The zero-order chi connectivity index (χ0) is 18.7. The molecule has 2 aromatic carbocycles. The van der Waals surface area contributed by atoms with Crippen molar-refractivity contribution in [2.24, 2.45) is 11.8 Å². The van der Waals surface area contributed by atoms with E-state index in [-0.39, 0.29) is 17.5 Å². The number of rotatable bonds is 6. The third-order valence-corrected chi connectivity index (χ3v) is 4.28. The first-order chi connectivity index (χ1) is 12.5. The van der Waals surface area contributed by atoms with Crippen LogP contribution in [-0.2, 0) is 16.1 Å². The molecule has 0 radical (unpaired) electrons. The van der Waals surface area contributed by atoms with Crippen LogP contribution in [0.2, 0.25) is 0 Å². The van der Waals surface area contributed by atoms with Crippen LogP contribution >= 0.6 is 0 Å². The fraction of sp³-hybridized carbons (Fsp3) is 0.263. The number of ether oxygens (including phenoxy) is 1. The summed E-state index contributed by atoms with van der Waals surface area (Å²) in [6, 6.07) is 10.4. The van der Waals surface area contributed by atoms with Gasteiger partial charge in [-0.05, 0) is 36.2 Å². The van der Waals surface area contributed by atoms with E-state index < -0.39 is 23.5 Å². The third-order valence-electron chi connectivity index (χ3n) is 4.28. The Kier molecular flexibility index (Phi) is 5.16. The standard InChI is InChI=1S/C19H18F2N2O3/c1-26-13-5-2-11(3-6-13)10-22-18(24)14-9-15(14)19(25)23-12-4-7-16(20)17(21)8-12/h2-8,14-15H,9-10H2,1H3,(H,22,24)(H,23,25). The highest BCUT2D eigenvalue weighted by Gasteiger charge is 2.47. The van der Waals surface area contributed by atoms with E-state index in [1.807, 2.05) is 12.1 Å². The Hall–Kier alpha value is -2.96. The van der Waals surface area contributed by atoms with Gasteiger partial charge in [-0.2, -0.15) is 0 Å². The van der Waals surface area contributed by atoms with Gasteiger partial charge in [0, 0.05) is 18.3 Å². The van der Waals surface area contributed by atoms with Gasteiger partial charge in [0.1, 0.15) is 5.75 Å². The van der Waals surface area contributed by atoms with Gasteiger partial charge in [-0.3, -0.25) is 9.59 Å². The van der Waals surface area contributed by atoms with E-state index in [4.69, 9.17) is 4.74 Å². The van der Waals surface area contributed by atoms with Gasteiger partial charge in [0.05, 0.1) is 18.9 Å². The fourth-order valence-corrected chi connectivity index (χ4v) is 2.65. The molecule has 0 aromatic heterocycles. The molecule has 0 bridgehead atoms. The summed E-state index contributed by atoms with van der Waals surface area (Å²) in [7, 11) is 1.58. The molecule has 1 aliphatic carbocycles. The van der Waals surface area contributed by atoms with E-state index in [2.05, 4.69) is 10.6 Å². The third kappa shape index (κ3) is 4.17. The lowest BCUT2D eigenvalue weighted by Crippen LogP contribution is -2.27. The second-order valence-electron chi connectivity index (χ2n) is 6.13. The lowest BCUT2D eigenvalue weighted by molar-refractivity contribution is -0.125. The number of benzene rings is 2. The van der Waals surface area contributed by atoms with Crippen LogP contribution in [0.1, 0.15) is 12.0 Å². The van der Waals surface area contributed by atoms with Crippen molar-refractivity contribution in [3.63, 3.8) is 0 Å². The number of halogens is 2. The van der Waals surface area contributed by atoms with Gasteiger partial charge in [0.25, 0.3) is 0 Å². The predicted molar refractivity (Wildman–Crippen MR) is 91.4 cm³/mol. The van der Waals surface area contributed by atoms with E-state index in [1.54, 1.807) is 19.2 Å². The van der Waals surface area contributed by atoms with Gasteiger partial charge >= 0.3 is 0 Å². The van der Waals surface area contributed by atoms with Crippen molar-refractivity contribution in [2.75, 3.05) is 12.4 Å². The molecule has 2 amide bonds. The molecule has 136 valence electrons. The van der Waals surface area contributed by atoms with Crippen LogP contribution in [-0.4, -0.2) is 18.9 Å². The highest BCUT2D eigenvalue weighted by atomic mass is 19.2. The Morgan fingerprint density at radius 2 is 1.73 bits per heavy atom. The van der Waals surface area contributed by atoms with Gasteiger partial charge in [-0.15, -0.1) is 0 Å². The lowest BCUT2D eigenvalue weighted by atomic mass is 10.2. The predicted octanol–water partition coefficient (Wildman–Crippen LogP) is 2.86. The summed E-state index contributed by atoms with van der Waals surface area (Å²) in [6.07, 6.45) is 0.434. The first-order valence-corrected chi connectivity index (χ1v) is 8.14. The molecule has 1 saturated carbocycles. The van der Waals surface area contributed by atoms with Crippen LogP contribution in [0, 0.1) is 23.5 Å². The van der Waals surface area contributed by atoms with Crippen LogP contribution in [0.15, 0.2) is 42.5 Å². The minimum Gasteiger partial charge on any atom is -0.497 e. The topological polar surface area (TPSA) is 67.4 Å². The second kappa shape index (κ2) is 7.51. The van der Waals surface area contributed by atoms with Crippen molar-refractivity contribution in [1.82, 2.24) is 5.32 Å². The molecular weight excluding hydrogens is 342 g/mol. The van der Waals surface area contributed by atoms with E-state index in [1.165, 1.54) is 6.07 Å². The van der Waals surface area contributed by atoms with Crippen LogP contribution in [0.4, 0.5) is 14.5 Å². The molecule has 2 atom stereocenters. The SMILES string of the molecule is COc1ccc(CNC(=O)C2CC2C(=O)Nc2ccc(F)c(F)c2)cc1. The summed E-state index contributed by atoms with van der Waals surface area (Å²) >= 11 is 0. The van der Waals surface area contributed by atoms with Crippen molar-refractivity contribution in [1.29, 1.82) is 0 Å². The fourth-order valence-electron chi connectivity index (χ4n) is 2.65. The van der Waals surface area contributed by atoms with Gasteiger partial charge in [0.15, 0.2) is 11.6 Å². The van der Waals surface area contributed by atoms with E-state index in [9.17, 15) is 18.4 Å². The maximum atomic E-state index is 13.2. The average molecular weight is 360 g/mol. The zero-order valence-electron chi connectivity index (χ0n) is 14.1. The van der Waals surface area contributed by atoms with Crippen LogP contribution in [0.5, 0.6) is 5.75 Å². The number of anilines is 1. The number of nitrogens with one attached hydrogen (secondary N) is 2. The number of carbonyl (C=O) groups is 2. The summed E-state index contributed by atoms with van der Waals surface area (Å²) in [5.74, 6) is -2.72. The van der Waals surface area contributed by atoms with E-state index in [0.29, 0.717) is 13.0 Å². The van der Waals surface area contributed by atoms with Crippen molar-refractivity contribution in [2.45, 2.75) is 13.0 Å². The average Bonchev–Trinajstić information content (AvgIpc) is 3.44. The normalized spacial score (nSPS) is 18.1.